The summed E-state index contributed by atoms with van der Waals surface area (Å²) in [6.07, 6.45) is -1.24. The largest absolute Gasteiger partial charge is 0.416 e. The minimum Gasteiger partial charge on any atom is -0.347 e. The van der Waals surface area contributed by atoms with Crippen LogP contribution in [0.3, 0.4) is 0 Å². The normalized spacial score (nSPS) is 11.7. The van der Waals surface area contributed by atoms with Crippen LogP contribution in [-0.2, 0) is 17.5 Å². The van der Waals surface area contributed by atoms with Crippen LogP contribution in [0, 0.1) is 13.8 Å². The number of anilines is 2. The molecule has 1 amide bonds. The van der Waals surface area contributed by atoms with Crippen molar-refractivity contribution in [3.63, 3.8) is 0 Å². The van der Waals surface area contributed by atoms with Gasteiger partial charge < -0.3 is 10.2 Å². The number of pyridine rings is 1. The van der Waals surface area contributed by atoms with E-state index < -0.39 is 11.7 Å². The fourth-order valence-electron chi connectivity index (χ4n) is 2.94. The number of nitrogens with zero attached hydrogens (tertiary/aromatic N) is 4. The Bertz CT molecular complexity index is 1020. The standard InChI is InChI=1S/C19H20F3N5O/c1-11-7-13(19(20,21)22)8-12(2)17(11)25-18-14-9-24-27(10-16(28)26(3)4)15(14)5-6-23-18/h5-9H,10H2,1-4H3,(H,23,25). The molecule has 1 N–H and O–H groups in total. The second-order valence-corrected chi connectivity index (χ2v) is 6.79. The smallest absolute Gasteiger partial charge is 0.347 e. The summed E-state index contributed by atoms with van der Waals surface area (Å²) in [6, 6.07) is 3.95. The molecule has 9 heteroatoms. The molecule has 6 nitrogen and oxygen atoms in total. The molecule has 0 saturated heterocycles. The topological polar surface area (TPSA) is 63.1 Å². The lowest BCUT2D eigenvalue weighted by molar-refractivity contribution is -0.137. The summed E-state index contributed by atoms with van der Waals surface area (Å²) in [5, 5.41) is 8.05. The van der Waals surface area contributed by atoms with E-state index in [4.69, 9.17) is 0 Å². The monoisotopic (exact) mass is 391 g/mol. The molecule has 0 atom stereocenters. The van der Waals surface area contributed by atoms with Gasteiger partial charge in [-0.2, -0.15) is 18.3 Å². The average molecular weight is 391 g/mol. The van der Waals surface area contributed by atoms with Crippen molar-refractivity contribution < 1.29 is 18.0 Å². The molecule has 0 bridgehead atoms. The second-order valence-electron chi connectivity index (χ2n) is 6.79. The number of hydrogen-bond acceptors (Lipinski definition) is 4. The number of nitrogens with one attached hydrogen (secondary N) is 1. The predicted molar refractivity (Wildman–Crippen MR) is 100 cm³/mol. The third-order valence-electron chi connectivity index (χ3n) is 4.46. The van der Waals surface area contributed by atoms with Crippen molar-refractivity contribution in [1.82, 2.24) is 19.7 Å². The Kier molecular flexibility index (Phi) is 5.01. The van der Waals surface area contributed by atoms with Gasteiger partial charge in [0.2, 0.25) is 5.91 Å². The van der Waals surface area contributed by atoms with Crippen molar-refractivity contribution in [2.45, 2.75) is 26.6 Å². The van der Waals surface area contributed by atoms with E-state index in [1.807, 2.05) is 0 Å². The van der Waals surface area contributed by atoms with Gasteiger partial charge in [-0.05, 0) is 43.2 Å². The Balaban J connectivity index is 1.98. The Morgan fingerprint density at radius 1 is 1.21 bits per heavy atom. The van der Waals surface area contributed by atoms with Crippen LogP contribution in [0.2, 0.25) is 0 Å². The molecule has 0 unspecified atom stereocenters. The number of aromatic nitrogens is 3. The van der Waals surface area contributed by atoms with Crippen LogP contribution in [0.25, 0.3) is 10.9 Å². The van der Waals surface area contributed by atoms with Crippen molar-refractivity contribution in [1.29, 1.82) is 0 Å². The first-order valence-corrected chi connectivity index (χ1v) is 8.54. The molecule has 1 aromatic carbocycles. The number of rotatable bonds is 4. The van der Waals surface area contributed by atoms with Gasteiger partial charge in [0.1, 0.15) is 12.4 Å². The molecular formula is C19H20F3N5O. The van der Waals surface area contributed by atoms with E-state index in [-0.39, 0.29) is 12.5 Å². The lowest BCUT2D eigenvalue weighted by Crippen LogP contribution is -2.26. The maximum absolute atomic E-state index is 13.0. The van der Waals surface area contributed by atoms with Gasteiger partial charge in [0.15, 0.2) is 0 Å². The van der Waals surface area contributed by atoms with Crippen LogP contribution in [-0.4, -0.2) is 39.7 Å². The average Bonchev–Trinajstić information content (AvgIpc) is 3.00. The first-order valence-electron chi connectivity index (χ1n) is 8.54. The SMILES string of the molecule is Cc1cc(C(F)(F)F)cc(C)c1Nc1nccc2c1cnn2CC(=O)N(C)C. The van der Waals surface area contributed by atoms with Gasteiger partial charge in [-0.3, -0.25) is 9.48 Å². The van der Waals surface area contributed by atoms with E-state index in [0.29, 0.717) is 33.5 Å². The van der Waals surface area contributed by atoms with Gasteiger partial charge in [-0.1, -0.05) is 0 Å². The van der Waals surface area contributed by atoms with Gasteiger partial charge >= 0.3 is 6.18 Å². The molecule has 0 aliphatic rings. The Morgan fingerprint density at radius 2 is 1.86 bits per heavy atom. The van der Waals surface area contributed by atoms with Gasteiger partial charge in [0, 0.05) is 26.0 Å². The number of halogens is 3. The number of hydrogen-bond donors (Lipinski definition) is 1. The van der Waals surface area contributed by atoms with E-state index in [1.165, 1.54) is 4.90 Å². The minimum atomic E-state index is -4.40. The Morgan fingerprint density at radius 3 is 2.43 bits per heavy atom. The van der Waals surface area contributed by atoms with E-state index in [1.54, 1.807) is 51.1 Å². The first-order chi connectivity index (χ1) is 13.1. The number of likely N-dealkylation sites (N-methyl/N-ethyl adjacent to an activating group) is 1. The highest BCUT2D eigenvalue weighted by atomic mass is 19.4. The molecule has 0 saturated carbocycles. The number of amides is 1. The fourth-order valence-corrected chi connectivity index (χ4v) is 2.94. The Hall–Kier alpha value is -3.10. The zero-order valence-electron chi connectivity index (χ0n) is 15.9. The quantitative estimate of drug-likeness (QED) is 0.733. The highest BCUT2D eigenvalue weighted by Crippen LogP contribution is 2.35. The van der Waals surface area contributed by atoms with Crippen LogP contribution in [0.4, 0.5) is 24.7 Å². The minimum absolute atomic E-state index is 0.0816. The van der Waals surface area contributed by atoms with Crippen molar-refractivity contribution in [3.8, 4) is 0 Å². The van der Waals surface area contributed by atoms with Gasteiger partial charge in [-0.25, -0.2) is 4.98 Å². The highest BCUT2D eigenvalue weighted by molar-refractivity contribution is 5.92. The summed E-state index contributed by atoms with van der Waals surface area (Å²) in [5.41, 5.74) is 1.50. The van der Waals surface area contributed by atoms with Crippen molar-refractivity contribution in [2.75, 3.05) is 19.4 Å². The summed E-state index contributed by atoms with van der Waals surface area (Å²) in [5.74, 6) is 0.359. The number of carbonyl (C=O) groups is 1. The molecule has 0 spiro atoms. The summed E-state index contributed by atoms with van der Waals surface area (Å²) in [4.78, 5) is 17.8. The number of benzene rings is 1. The van der Waals surface area contributed by atoms with Gasteiger partial charge in [0.05, 0.1) is 22.7 Å². The lowest BCUT2D eigenvalue weighted by atomic mass is 10.0. The van der Waals surface area contributed by atoms with Gasteiger partial charge in [0.25, 0.3) is 0 Å². The van der Waals surface area contributed by atoms with Crippen molar-refractivity contribution in [3.05, 3.63) is 47.3 Å². The van der Waals surface area contributed by atoms with E-state index in [9.17, 15) is 18.0 Å². The summed E-state index contributed by atoms with van der Waals surface area (Å²) in [7, 11) is 3.33. The maximum atomic E-state index is 13.0. The first kappa shape index (κ1) is 19.7. The molecule has 2 aromatic heterocycles. The number of aryl methyl sites for hydroxylation is 2. The summed E-state index contributed by atoms with van der Waals surface area (Å²) < 4.78 is 40.6. The van der Waals surface area contributed by atoms with Crippen molar-refractivity contribution >= 4 is 28.3 Å². The number of fused-ring (bicyclic) bond motifs is 1. The van der Waals surface area contributed by atoms with Crippen LogP contribution in [0.15, 0.2) is 30.6 Å². The molecule has 0 aliphatic carbocycles. The lowest BCUT2D eigenvalue weighted by Gasteiger charge is -2.16. The van der Waals surface area contributed by atoms with Crippen LogP contribution in [0.5, 0.6) is 0 Å². The summed E-state index contributed by atoms with van der Waals surface area (Å²) in [6.45, 7) is 3.31. The van der Waals surface area contributed by atoms with Crippen LogP contribution in [0.1, 0.15) is 16.7 Å². The predicted octanol–water partition coefficient (Wildman–Crippen LogP) is 3.90. The highest BCUT2D eigenvalue weighted by Gasteiger charge is 2.31. The second kappa shape index (κ2) is 7.14. The molecule has 3 aromatic rings. The third kappa shape index (κ3) is 3.78. The zero-order chi connectivity index (χ0) is 20.6. The molecular weight excluding hydrogens is 371 g/mol. The number of alkyl halides is 3. The molecule has 3 rings (SSSR count). The molecule has 2 heterocycles. The molecule has 0 aliphatic heterocycles. The molecule has 28 heavy (non-hydrogen) atoms. The zero-order valence-corrected chi connectivity index (χ0v) is 15.9. The fraction of sp³-hybridized carbons (Fsp3) is 0.316. The molecule has 0 radical (unpaired) electrons. The van der Waals surface area contributed by atoms with Crippen LogP contribution < -0.4 is 5.32 Å². The molecule has 148 valence electrons. The van der Waals surface area contributed by atoms with E-state index in [0.717, 1.165) is 12.1 Å². The van der Waals surface area contributed by atoms with E-state index >= 15 is 0 Å². The van der Waals surface area contributed by atoms with Crippen molar-refractivity contribution in [2.24, 2.45) is 0 Å². The summed E-state index contributed by atoms with van der Waals surface area (Å²) >= 11 is 0. The van der Waals surface area contributed by atoms with E-state index in [2.05, 4.69) is 15.4 Å². The Labute approximate surface area is 160 Å². The van der Waals surface area contributed by atoms with Gasteiger partial charge in [-0.15, -0.1) is 0 Å². The van der Waals surface area contributed by atoms with Crippen LogP contribution >= 0.6 is 0 Å². The molecule has 0 fully saturated rings. The maximum Gasteiger partial charge on any atom is 0.416 e. The number of carbonyl (C=O) groups excluding carboxylic acids is 1. The third-order valence-corrected chi connectivity index (χ3v) is 4.46.